The summed E-state index contributed by atoms with van der Waals surface area (Å²) in [4.78, 5) is 22.7. The Balaban J connectivity index is 2.27. The molecule has 1 aromatic rings. The van der Waals surface area contributed by atoms with E-state index in [4.69, 9.17) is 5.73 Å². The summed E-state index contributed by atoms with van der Waals surface area (Å²) in [5.74, 6) is -0.0404. The monoisotopic (exact) mass is 291 g/mol. The fourth-order valence-electron chi connectivity index (χ4n) is 2.03. The Labute approximate surface area is 126 Å². The number of hydrogen-bond donors (Lipinski definition) is 3. The molecular weight excluding hydrogens is 266 g/mol. The predicted octanol–water partition coefficient (Wildman–Crippen LogP) is 2.17. The van der Waals surface area contributed by atoms with Gasteiger partial charge in [0, 0.05) is 25.6 Å². The van der Waals surface area contributed by atoms with Crippen LogP contribution in [-0.2, 0) is 16.1 Å². The van der Waals surface area contributed by atoms with E-state index in [0.29, 0.717) is 13.0 Å². The van der Waals surface area contributed by atoms with Crippen LogP contribution in [0.25, 0.3) is 0 Å². The fraction of sp³-hybridized carbons (Fsp3) is 0.500. The molecule has 0 aliphatic heterocycles. The van der Waals surface area contributed by atoms with E-state index >= 15 is 0 Å². The van der Waals surface area contributed by atoms with E-state index in [1.165, 1.54) is 6.92 Å². The van der Waals surface area contributed by atoms with E-state index in [9.17, 15) is 9.59 Å². The minimum Gasteiger partial charge on any atom is -0.352 e. The van der Waals surface area contributed by atoms with Crippen LogP contribution in [0.5, 0.6) is 0 Å². The van der Waals surface area contributed by atoms with Gasteiger partial charge in [-0.15, -0.1) is 0 Å². The molecular formula is C16H25N3O2. The molecule has 1 aromatic carbocycles. The van der Waals surface area contributed by atoms with Crippen molar-refractivity contribution < 1.29 is 9.59 Å². The number of nitrogens with two attached hydrogens (primary N) is 1. The molecule has 0 radical (unpaired) electrons. The highest BCUT2D eigenvalue weighted by Gasteiger charge is 2.02. The third kappa shape index (κ3) is 8.09. The van der Waals surface area contributed by atoms with Crippen LogP contribution in [0, 0.1) is 0 Å². The first-order chi connectivity index (χ1) is 10.1. The summed E-state index contributed by atoms with van der Waals surface area (Å²) in [5, 5.41) is 5.62. The van der Waals surface area contributed by atoms with Crippen LogP contribution >= 0.6 is 0 Å². The summed E-state index contributed by atoms with van der Waals surface area (Å²) >= 11 is 0. The summed E-state index contributed by atoms with van der Waals surface area (Å²) in [6.07, 6.45) is 4.61. The lowest BCUT2D eigenvalue weighted by molar-refractivity contribution is -0.121. The van der Waals surface area contributed by atoms with Crippen LogP contribution in [0.2, 0.25) is 0 Å². The van der Waals surface area contributed by atoms with Gasteiger partial charge in [-0.3, -0.25) is 9.59 Å². The van der Waals surface area contributed by atoms with Crippen molar-refractivity contribution in [2.24, 2.45) is 5.73 Å². The Morgan fingerprint density at radius 1 is 1.14 bits per heavy atom. The number of amides is 2. The molecule has 116 valence electrons. The lowest BCUT2D eigenvalue weighted by atomic mass is 10.1. The van der Waals surface area contributed by atoms with E-state index in [1.54, 1.807) is 0 Å². The zero-order valence-electron chi connectivity index (χ0n) is 12.7. The van der Waals surface area contributed by atoms with Gasteiger partial charge in [0.05, 0.1) is 0 Å². The van der Waals surface area contributed by atoms with Crippen molar-refractivity contribution in [1.82, 2.24) is 5.32 Å². The minimum absolute atomic E-state index is 0.0627. The molecule has 0 aliphatic rings. The number of benzene rings is 1. The lowest BCUT2D eigenvalue weighted by Crippen LogP contribution is -2.22. The van der Waals surface area contributed by atoms with Crippen molar-refractivity contribution in [3.63, 3.8) is 0 Å². The maximum atomic E-state index is 11.7. The lowest BCUT2D eigenvalue weighted by Gasteiger charge is -2.08. The largest absolute Gasteiger partial charge is 0.352 e. The SMILES string of the molecule is CC(=O)Nc1cccc(CNC(=O)CCCCCCN)c1. The predicted molar refractivity (Wildman–Crippen MR) is 84.7 cm³/mol. The molecule has 4 N–H and O–H groups in total. The second-order valence-electron chi connectivity index (χ2n) is 5.11. The Morgan fingerprint density at radius 2 is 1.90 bits per heavy atom. The summed E-state index contributed by atoms with van der Waals surface area (Å²) in [6, 6.07) is 7.47. The highest BCUT2D eigenvalue weighted by atomic mass is 16.2. The van der Waals surface area contributed by atoms with Crippen molar-refractivity contribution in [1.29, 1.82) is 0 Å². The average Bonchev–Trinajstić information content (AvgIpc) is 2.44. The highest BCUT2D eigenvalue weighted by Crippen LogP contribution is 2.10. The van der Waals surface area contributed by atoms with Crippen LogP contribution in [0.4, 0.5) is 5.69 Å². The molecule has 2 amide bonds. The van der Waals surface area contributed by atoms with Crippen molar-refractivity contribution in [3.05, 3.63) is 29.8 Å². The number of nitrogens with one attached hydrogen (secondary N) is 2. The summed E-state index contributed by atoms with van der Waals surface area (Å²) in [6.45, 7) is 2.67. The second kappa shape index (κ2) is 9.94. The molecule has 0 unspecified atom stereocenters. The van der Waals surface area contributed by atoms with Gasteiger partial charge in [-0.25, -0.2) is 0 Å². The van der Waals surface area contributed by atoms with Crippen LogP contribution in [0.3, 0.4) is 0 Å². The first-order valence-corrected chi connectivity index (χ1v) is 7.45. The summed E-state index contributed by atoms with van der Waals surface area (Å²) in [5.41, 5.74) is 7.14. The Bertz CT molecular complexity index is 461. The maximum Gasteiger partial charge on any atom is 0.221 e. The van der Waals surface area contributed by atoms with Crippen molar-refractivity contribution in [2.45, 2.75) is 45.6 Å². The van der Waals surface area contributed by atoms with Crippen LogP contribution in [0.1, 0.15) is 44.6 Å². The molecule has 5 nitrogen and oxygen atoms in total. The van der Waals surface area contributed by atoms with Gasteiger partial charge in [-0.2, -0.15) is 0 Å². The second-order valence-corrected chi connectivity index (χ2v) is 5.11. The quantitative estimate of drug-likeness (QED) is 0.610. The molecule has 0 fully saturated rings. The Hall–Kier alpha value is -1.88. The first kappa shape index (κ1) is 17.2. The molecule has 0 aliphatic carbocycles. The van der Waals surface area contributed by atoms with Gasteiger partial charge in [0.2, 0.25) is 11.8 Å². The van der Waals surface area contributed by atoms with E-state index in [2.05, 4.69) is 10.6 Å². The highest BCUT2D eigenvalue weighted by molar-refractivity contribution is 5.88. The zero-order valence-corrected chi connectivity index (χ0v) is 12.7. The van der Waals surface area contributed by atoms with Crippen LogP contribution < -0.4 is 16.4 Å². The van der Waals surface area contributed by atoms with Gasteiger partial charge < -0.3 is 16.4 Å². The van der Waals surface area contributed by atoms with Crippen LogP contribution in [0.15, 0.2) is 24.3 Å². The van der Waals surface area contributed by atoms with Crippen LogP contribution in [-0.4, -0.2) is 18.4 Å². The van der Waals surface area contributed by atoms with E-state index in [-0.39, 0.29) is 11.8 Å². The molecule has 0 aromatic heterocycles. The molecule has 0 spiro atoms. The number of hydrogen-bond acceptors (Lipinski definition) is 3. The number of anilines is 1. The van der Waals surface area contributed by atoms with Gasteiger partial charge in [-0.05, 0) is 37.1 Å². The molecule has 21 heavy (non-hydrogen) atoms. The molecule has 5 heteroatoms. The summed E-state index contributed by atoms with van der Waals surface area (Å²) in [7, 11) is 0. The van der Waals surface area contributed by atoms with E-state index in [1.807, 2.05) is 24.3 Å². The number of rotatable bonds is 9. The molecule has 1 rings (SSSR count). The van der Waals surface area contributed by atoms with Crippen molar-refractivity contribution >= 4 is 17.5 Å². The maximum absolute atomic E-state index is 11.7. The molecule has 0 atom stereocenters. The number of carbonyl (C=O) groups excluding carboxylic acids is 2. The number of unbranched alkanes of at least 4 members (excludes halogenated alkanes) is 3. The van der Waals surface area contributed by atoms with Gasteiger partial charge in [0.25, 0.3) is 0 Å². The molecule has 0 saturated carbocycles. The minimum atomic E-state index is -0.103. The van der Waals surface area contributed by atoms with E-state index in [0.717, 1.165) is 43.5 Å². The fourth-order valence-corrected chi connectivity index (χ4v) is 2.03. The molecule has 0 bridgehead atoms. The molecule has 0 saturated heterocycles. The van der Waals surface area contributed by atoms with Crippen molar-refractivity contribution in [3.8, 4) is 0 Å². The van der Waals surface area contributed by atoms with Gasteiger partial charge in [-0.1, -0.05) is 25.0 Å². The van der Waals surface area contributed by atoms with E-state index < -0.39 is 0 Å². The standard InChI is InChI=1S/C16H25N3O2/c1-13(20)19-15-8-6-7-14(11-15)12-18-16(21)9-4-2-3-5-10-17/h6-8,11H,2-5,9-10,12,17H2,1H3,(H,18,21)(H,19,20). The topological polar surface area (TPSA) is 84.2 Å². The third-order valence-electron chi connectivity index (χ3n) is 3.09. The van der Waals surface area contributed by atoms with Gasteiger partial charge >= 0.3 is 0 Å². The van der Waals surface area contributed by atoms with Gasteiger partial charge in [0.15, 0.2) is 0 Å². The van der Waals surface area contributed by atoms with Crippen molar-refractivity contribution in [2.75, 3.05) is 11.9 Å². The average molecular weight is 291 g/mol. The third-order valence-corrected chi connectivity index (χ3v) is 3.09. The molecule has 0 heterocycles. The normalized spacial score (nSPS) is 10.2. The van der Waals surface area contributed by atoms with Gasteiger partial charge in [0.1, 0.15) is 0 Å². The first-order valence-electron chi connectivity index (χ1n) is 7.45. The Morgan fingerprint density at radius 3 is 2.62 bits per heavy atom. The zero-order chi connectivity index (χ0) is 15.5. The smallest absolute Gasteiger partial charge is 0.221 e. The Kier molecular flexibility index (Phi) is 8.12. The number of carbonyl (C=O) groups is 2. The summed E-state index contributed by atoms with van der Waals surface area (Å²) < 4.78 is 0.